The molecule has 2 aliphatic rings. The van der Waals surface area contributed by atoms with Gasteiger partial charge in [-0.3, -0.25) is 0 Å². The summed E-state index contributed by atoms with van der Waals surface area (Å²) in [5.41, 5.74) is 0.461. The Morgan fingerprint density at radius 3 is 2.90 bits per heavy atom. The fraction of sp³-hybridized carbons (Fsp3) is 0.733. The Morgan fingerprint density at radius 2 is 2.30 bits per heavy atom. The van der Waals surface area contributed by atoms with Crippen molar-refractivity contribution >= 4 is 6.03 Å². The van der Waals surface area contributed by atoms with Gasteiger partial charge in [-0.15, -0.1) is 0 Å². The van der Waals surface area contributed by atoms with Crippen molar-refractivity contribution in [3.8, 4) is 0 Å². The molecule has 0 bridgehead atoms. The maximum Gasteiger partial charge on any atom is 0.317 e. The highest BCUT2D eigenvalue weighted by molar-refractivity contribution is 5.75. The minimum atomic E-state index is -0.0459. The van der Waals surface area contributed by atoms with Crippen molar-refractivity contribution in [1.29, 1.82) is 0 Å². The second-order valence-electron chi connectivity index (χ2n) is 6.27. The van der Waals surface area contributed by atoms with Crippen molar-refractivity contribution in [2.75, 3.05) is 13.1 Å². The molecule has 1 aliphatic heterocycles. The van der Waals surface area contributed by atoms with Gasteiger partial charge in [-0.2, -0.15) is 0 Å². The molecule has 0 radical (unpaired) electrons. The Balaban J connectivity index is 1.59. The van der Waals surface area contributed by atoms with E-state index in [9.17, 15) is 4.79 Å². The zero-order chi connectivity index (χ0) is 14.2. The van der Waals surface area contributed by atoms with E-state index in [0.717, 1.165) is 25.5 Å². The molecule has 5 heteroatoms. The molecule has 3 rings (SSSR count). The average Bonchev–Trinajstić information content (AvgIpc) is 3.04. The van der Waals surface area contributed by atoms with Gasteiger partial charge in [0.05, 0.1) is 6.04 Å². The Bertz CT molecular complexity index is 492. The average molecular weight is 276 g/mol. The van der Waals surface area contributed by atoms with Crippen LogP contribution in [0.1, 0.15) is 51.4 Å². The summed E-state index contributed by atoms with van der Waals surface area (Å²) >= 11 is 0. The first-order chi connectivity index (χ1) is 9.63. The van der Waals surface area contributed by atoms with Gasteiger partial charge in [0.25, 0.3) is 0 Å². The van der Waals surface area contributed by atoms with Crippen LogP contribution in [0, 0.1) is 5.41 Å². The summed E-state index contributed by atoms with van der Waals surface area (Å²) in [5.74, 6) is 0.929. The largest absolute Gasteiger partial charge is 0.333 e. The lowest BCUT2D eigenvalue weighted by Gasteiger charge is -2.38. The van der Waals surface area contributed by atoms with Gasteiger partial charge in [-0.1, -0.05) is 6.42 Å². The van der Waals surface area contributed by atoms with E-state index >= 15 is 0 Å². The molecule has 1 atom stereocenters. The van der Waals surface area contributed by atoms with Crippen LogP contribution in [0.5, 0.6) is 0 Å². The molecule has 1 saturated heterocycles. The van der Waals surface area contributed by atoms with E-state index in [0.29, 0.717) is 5.41 Å². The van der Waals surface area contributed by atoms with E-state index < -0.39 is 0 Å². The van der Waals surface area contributed by atoms with Gasteiger partial charge in [0.1, 0.15) is 5.82 Å². The number of aromatic nitrogens is 2. The third kappa shape index (κ3) is 2.30. The number of amides is 2. The lowest BCUT2D eigenvalue weighted by molar-refractivity contribution is 0.140. The van der Waals surface area contributed by atoms with Crippen LogP contribution < -0.4 is 5.32 Å². The zero-order valence-corrected chi connectivity index (χ0v) is 12.4. The SMILES string of the molecule is CCn1ccnc1C(C)NC(=O)N1CCC2(CCC2)C1. The standard InChI is InChI=1S/C15H24N4O/c1-3-18-10-8-16-13(18)12(2)17-14(20)19-9-7-15(11-19)5-4-6-15/h8,10,12H,3-7,9,11H2,1-2H3,(H,17,20). The maximum absolute atomic E-state index is 12.4. The highest BCUT2D eigenvalue weighted by Gasteiger charge is 2.44. The van der Waals surface area contributed by atoms with E-state index in [2.05, 4.69) is 21.8 Å². The molecule has 1 spiro atoms. The number of urea groups is 1. The fourth-order valence-corrected chi connectivity index (χ4v) is 3.50. The zero-order valence-electron chi connectivity index (χ0n) is 12.4. The minimum Gasteiger partial charge on any atom is -0.333 e. The maximum atomic E-state index is 12.4. The van der Waals surface area contributed by atoms with E-state index in [1.165, 1.54) is 25.7 Å². The summed E-state index contributed by atoms with van der Waals surface area (Å²) in [6, 6.07) is 0.0160. The number of rotatable bonds is 3. The first kappa shape index (κ1) is 13.5. The summed E-state index contributed by atoms with van der Waals surface area (Å²) in [6.45, 7) is 6.80. The van der Waals surface area contributed by atoms with Crippen LogP contribution in [0.15, 0.2) is 12.4 Å². The van der Waals surface area contributed by atoms with E-state index in [1.807, 2.05) is 18.0 Å². The van der Waals surface area contributed by atoms with Crippen LogP contribution in [-0.2, 0) is 6.54 Å². The van der Waals surface area contributed by atoms with Gasteiger partial charge in [-0.25, -0.2) is 9.78 Å². The predicted molar refractivity (Wildman–Crippen MR) is 77.3 cm³/mol. The molecule has 110 valence electrons. The molecule has 5 nitrogen and oxygen atoms in total. The summed E-state index contributed by atoms with van der Waals surface area (Å²) in [4.78, 5) is 18.7. The van der Waals surface area contributed by atoms with E-state index in [4.69, 9.17) is 0 Å². The predicted octanol–water partition coefficient (Wildman–Crippen LogP) is 2.55. The normalized spacial score (nSPS) is 21.8. The third-order valence-corrected chi connectivity index (χ3v) is 4.96. The van der Waals surface area contributed by atoms with Gasteiger partial charge in [0.15, 0.2) is 0 Å². The highest BCUT2D eigenvalue weighted by Crippen LogP contribution is 2.47. The smallest absolute Gasteiger partial charge is 0.317 e. The van der Waals surface area contributed by atoms with Crippen molar-refractivity contribution in [2.24, 2.45) is 5.41 Å². The molecule has 1 unspecified atom stereocenters. The first-order valence-corrected chi connectivity index (χ1v) is 7.70. The molecule has 0 aromatic carbocycles. The van der Waals surface area contributed by atoms with Crippen LogP contribution in [0.25, 0.3) is 0 Å². The number of likely N-dealkylation sites (tertiary alicyclic amines) is 1. The summed E-state index contributed by atoms with van der Waals surface area (Å²) in [7, 11) is 0. The Morgan fingerprint density at radius 1 is 1.50 bits per heavy atom. The Hall–Kier alpha value is -1.52. The second-order valence-corrected chi connectivity index (χ2v) is 6.27. The van der Waals surface area contributed by atoms with Gasteiger partial charge < -0.3 is 14.8 Å². The van der Waals surface area contributed by atoms with E-state index in [-0.39, 0.29) is 12.1 Å². The lowest BCUT2D eigenvalue weighted by atomic mass is 9.68. The third-order valence-electron chi connectivity index (χ3n) is 4.96. The number of nitrogens with one attached hydrogen (secondary N) is 1. The molecule has 1 aromatic heterocycles. The number of imidazole rings is 1. The summed E-state index contributed by atoms with van der Waals surface area (Å²) in [6.07, 6.45) is 8.86. The van der Waals surface area contributed by atoms with Gasteiger partial charge in [0, 0.05) is 32.0 Å². The van der Waals surface area contributed by atoms with Crippen molar-refractivity contribution < 1.29 is 4.79 Å². The summed E-state index contributed by atoms with van der Waals surface area (Å²) in [5, 5.41) is 3.09. The molecule has 1 aromatic rings. The van der Waals surface area contributed by atoms with Crippen LogP contribution in [0.3, 0.4) is 0 Å². The molecule has 1 N–H and O–H groups in total. The summed E-state index contributed by atoms with van der Waals surface area (Å²) < 4.78 is 2.07. The van der Waals surface area contributed by atoms with Crippen molar-refractivity contribution in [2.45, 2.75) is 52.1 Å². The molecule has 2 fully saturated rings. The minimum absolute atomic E-state index is 0.0459. The molecule has 2 heterocycles. The highest BCUT2D eigenvalue weighted by atomic mass is 16.2. The van der Waals surface area contributed by atoms with E-state index in [1.54, 1.807) is 6.20 Å². The van der Waals surface area contributed by atoms with Gasteiger partial charge >= 0.3 is 6.03 Å². The first-order valence-electron chi connectivity index (χ1n) is 7.70. The lowest BCUT2D eigenvalue weighted by Crippen LogP contribution is -2.42. The molecule has 2 amide bonds. The number of nitrogens with zero attached hydrogens (tertiary/aromatic N) is 3. The molecule has 20 heavy (non-hydrogen) atoms. The van der Waals surface area contributed by atoms with Gasteiger partial charge in [-0.05, 0) is 38.5 Å². The van der Waals surface area contributed by atoms with Crippen molar-refractivity contribution in [3.05, 3.63) is 18.2 Å². The number of carbonyl (C=O) groups excluding carboxylic acids is 1. The monoisotopic (exact) mass is 276 g/mol. The molecular weight excluding hydrogens is 252 g/mol. The number of hydrogen-bond donors (Lipinski definition) is 1. The fourth-order valence-electron chi connectivity index (χ4n) is 3.50. The quantitative estimate of drug-likeness (QED) is 0.922. The van der Waals surface area contributed by atoms with Gasteiger partial charge in [0.2, 0.25) is 0 Å². The van der Waals surface area contributed by atoms with Crippen LogP contribution in [0.2, 0.25) is 0 Å². The van der Waals surface area contributed by atoms with Crippen LogP contribution in [-0.4, -0.2) is 33.6 Å². The number of carbonyl (C=O) groups is 1. The number of hydrogen-bond acceptors (Lipinski definition) is 2. The Kier molecular flexibility index (Phi) is 3.44. The molecular formula is C15H24N4O. The Labute approximate surface area is 120 Å². The number of aryl methyl sites for hydroxylation is 1. The topological polar surface area (TPSA) is 50.2 Å². The van der Waals surface area contributed by atoms with Crippen molar-refractivity contribution in [3.63, 3.8) is 0 Å². The van der Waals surface area contributed by atoms with Crippen LogP contribution in [0.4, 0.5) is 4.79 Å². The molecule has 1 aliphatic carbocycles. The second kappa shape index (κ2) is 5.11. The van der Waals surface area contributed by atoms with Crippen molar-refractivity contribution in [1.82, 2.24) is 19.8 Å². The molecule has 1 saturated carbocycles. The van der Waals surface area contributed by atoms with Crippen LogP contribution >= 0.6 is 0 Å².